The van der Waals surface area contributed by atoms with Gasteiger partial charge in [0, 0.05) is 5.56 Å². The third-order valence-electron chi connectivity index (χ3n) is 4.16. The topological polar surface area (TPSA) is 73.1 Å². The van der Waals surface area contributed by atoms with Crippen molar-refractivity contribution >= 4 is 12.1 Å². The Kier molecular flexibility index (Phi) is 6.46. The molecule has 0 spiro atoms. The van der Waals surface area contributed by atoms with Crippen molar-refractivity contribution in [3.8, 4) is 11.5 Å². The van der Waals surface area contributed by atoms with Crippen LogP contribution in [-0.2, 0) is 13.0 Å². The first kappa shape index (κ1) is 19.2. The molecule has 1 aromatic heterocycles. The van der Waals surface area contributed by atoms with Gasteiger partial charge in [-0.05, 0) is 60.0 Å². The number of ether oxygens (including phenoxy) is 2. The fraction of sp³-hybridized carbons (Fsp3) is 0.182. The number of carbonyl (C=O) groups excluding carboxylic acids is 1. The molecule has 2 aromatic carbocycles. The molecule has 0 fully saturated rings. The van der Waals surface area contributed by atoms with Crippen molar-refractivity contribution in [2.45, 2.75) is 20.0 Å². The van der Waals surface area contributed by atoms with Crippen LogP contribution in [0.25, 0.3) is 0 Å². The Morgan fingerprint density at radius 2 is 2.00 bits per heavy atom. The van der Waals surface area contributed by atoms with E-state index in [1.54, 1.807) is 25.5 Å². The summed E-state index contributed by atoms with van der Waals surface area (Å²) in [5.74, 6) is 1.31. The highest BCUT2D eigenvalue weighted by Crippen LogP contribution is 2.22. The highest BCUT2D eigenvalue weighted by molar-refractivity contribution is 5.92. The Balaban J connectivity index is 1.65. The van der Waals surface area contributed by atoms with E-state index in [1.165, 1.54) is 11.8 Å². The number of amides is 1. The van der Waals surface area contributed by atoms with Crippen molar-refractivity contribution in [1.29, 1.82) is 0 Å². The number of methoxy groups -OCH3 is 1. The summed E-state index contributed by atoms with van der Waals surface area (Å²) in [5, 5.41) is 3.97. The normalized spacial score (nSPS) is 10.8. The first-order valence-corrected chi connectivity index (χ1v) is 8.95. The van der Waals surface area contributed by atoms with Crippen LogP contribution in [0.4, 0.5) is 0 Å². The molecule has 0 atom stereocenters. The average Bonchev–Trinajstić information content (AvgIpc) is 3.28. The number of hydrogen-bond acceptors (Lipinski definition) is 5. The lowest BCUT2D eigenvalue weighted by Gasteiger charge is -2.11. The minimum Gasteiger partial charge on any atom is -0.496 e. The molecule has 3 aromatic rings. The van der Waals surface area contributed by atoms with Gasteiger partial charge in [-0.1, -0.05) is 19.1 Å². The summed E-state index contributed by atoms with van der Waals surface area (Å²) in [6.45, 7) is 2.47. The van der Waals surface area contributed by atoms with Crippen LogP contribution in [0, 0.1) is 0 Å². The molecule has 0 saturated heterocycles. The Morgan fingerprint density at radius 3 is 2.68 bits per heavy atom. The molecule has 1 amide bonds. The zero-order valence-corrected chi connectivity index (χ0v) is 15.8. The molecule has 0 aliphatic rings. The molecule has 0 radical (unpaired) electrons. The van der Waals surface area contributed by atoms with Crippen molar-refractivity contribution < 1.29 is 18.7 Å². The number of aryl methyl sites for hydroxylation is 1. The summed E-state index contributed by atoms with van der Waals surface area (Å²) in [7, 11) is 1.62. The molecule has 0 aliphatic carbocycles. The largest absolute Gasteiger partial charge is 0.496 e. The van der Waals surface area contributed by atoms with Gasteiger partial charge in [0.2, 0.25) is 0 Å². The number of furan rings is 1. The average molecular weight is 378 g/mol. The van der Waals surface area contributed by atoms with Gasteiger partial charge >= 0.3 is 5.91 Å². The molecule has 0 bridgehead atoms. The fourth-order valence-corrected chi connectivity index (χ4v) is 2.60. The number of nitrogens with zero attached hydrogens (tertiary/aromatic N) is 1. The SMILES string of the molecule is CCc1ccc(OCc2cc(/C=N/NC(=O)c3ccco3)ccc2OC)cc1. The molecule has 144 valence electrons. The van der Waals surface area contributed by atoms with E-state index in [0.717, 1.165) is 29.0 Å². The second-order valence-corrected chi connectivity index (χ2v) is 6.03. The van der Waals surface area contributed by atoms with Gasteiger partial charge in [-0.2, -0.15) is 5.10 Å². The fourth-order valence-electron chi connectivity index (χ4n) is 2.60. The quantitative estimate of drug-likeness (QED) is 0.471. The standard InChI is InChI=1S/C22H22N2O4/c1-3-16-6-9-19(10-7-16)28-15-18-13-17(8-11-20(18)26-2)14-23-24-22(25)21-5-4-12-27-21/h4-14H,3,15H2,1-2H3,(H,24,25)/b23-14+. The van der Waals surface area contributed by atoms with Crippen molar-refractivity contribution in [3.63, 3.8) is 0 Å². The lowest BCUT2D eigenvalue weighted by atomic mass is 10.1. The van der Waals surface area contributed by atoms with Gasteiger partial charge in [0.1, 0.15) is 18.1 Å². The molecule has 6 heteroatoms. The highest BCUT2D eigenvalue weighted by atomic mass is 16.5. The molecule has 0 aliphatic heterocycles. The van der Waals surface area contributed by atoms with E-state index in [-0.39, 0.29) is 5.76 Å². The number of rotatable bonds is 8. The predicted octanol–water partition coefficient (Wildman–Crippen LogP) is 4.19. The first-order chi connectivity index (χ1) is 13.7. The van der Waals surface area contributed by atoms with E-state index in [9.17, 15) is 4.79 Å². The minimum absolute atomic E-state index is 0.204. The van der Waals surface area contributed by atoms with Crippen LogP contribution >= 0.6 is 0 Å². The van der Waals surface area contributed by atoms with E-state index in [0.29, 0.717) is 6.61 Å². The van der Waals surface area contributed by atoms with Crippen LogP contribution in [-0.4, -0.2) is 19.2 Å². The Morgan fingerprint density at radius 1 is 1.18 bits per heavy atom. The molecule has 0 saturated carbocycles. The third-order valence-corrected chi connectivity index (χ3v) is 4.16. The van der Waals surface area contributed by atoms with Gasteiger partial charge in [-0.25, -0.2) is 5.43 Å². The lowest BCUT2D eigenvalue weighted by Crippen LogP contribution is -2.16. The van der Waals surface area contributed by atoms with Crippen molar-refractivity contribution in [2.24, 2.45) is 5.10 Å². The molecule has 3 rings (SSSR count). The minimum atomic E-state index is -0.408. The smallest absolute Gasteiger partial charge is 0.307 e. The van der Waals surface area contributed by atoms with E-state index in [1.807, 2.05) is 30.3 Å². The zero-order chi connectivity index (χ0) is 19.8. The molecule has 6 nitrogen and oxygen atoms in total. The van der Waals surface area contributed by atoms with E-state index in [4.69, 9.17) is 13.9 Å². The summed E-state index contributed by atoms with van der Waals surface area (Å²) < 4.78 is 16.3. The van der Waals surface area contributed by atoms with Gasteiger partial charge in [-0.3, -0.25) is 4.79 Å². The molecule has 28 heavy (non-hydrogen) atoms. The number of carbonyl (C=O) groups is 1. The van der Waals surface area contributed by atoms with Crippen LogP contribution in [0.5, 0.6) is 11.5 Å². The third kappa shape index (κ3) is 5.01. The van der Waals surface area contributed by atoms with Gasteiger partial charge in [0.25, 0.3) is 0 Å². The predicted molar refractivity (Wildman–Crippen MR) is 107 cm³/mol. The number of hydrogen-bond donors (Lipinski definition) is 1. The first-order valence-electron chi connectivity index (χ1n) is 8.95. The molecule has 1 N–H and O–H groups in total. The van der Waals surface area contributed by atoms with Gasteiger partial charge in [0.15, 0.2) is 5.76 Å². The highest BCUT2D eigenvalue weighted by Gasteiger charge is 2.07. The maximum atomic E-state index is 11.8. The lowest BCUT2D eigenvalue weighted by molar-refractivity contribution is 0.0927. The van der Waals surface area contributed by atoms with Crippen molar-refractivity contribution in [3.05, 3.63) is 83.3 Å². The summed E-state index contributed by atoms with van der Waals surface area (Å²) >= 11 is 0. The van der Waals surface area contributed by atoms with Crippen LogP contribution in [0.2, 0.25) is 0 Å². The Hall–Kier alpha value is -3.54. The maximum Gasteiger partial charge on any atom is 0.307 e. The van der Waals surface area contributed by atoms with Crippen molar-refractivity contribution in [2.75, 3.05) is 7.11 Å². The Labute approximate surface area is 163 Å². The van der Waals surface area contributed by atoms with E-state index < -0.39 is 5.91 Å². The number of nitrogens with one attached hydrogen (secondary N) is 1. The van der Waals surface area contributed by atoms with E-state index >= 15 is 0 Å². The summed E-state index contributed by atoms with van der Waals surface area (Å²) in [6.07, 6.45) is 3.98. The molecular weight excluding hydrogens is 356 g/mol. The van der Waals surface area contributed by atoms with Crippen LogP contribution in [0.15, 0.2) is 70.4 Å². The summed E-state index contributed by atoms with van der Waals surface area (Å²) in [5.41, 5.74) is 5.37. The summed E-state index contributed by atoms with van der Waals surface area (Å²) in [4.78, 5) is 11.8. The molecule has 1 heterocycles. The second-order valence-electron chi connectivity index (χ2n) is 6.03. The van der Waals surface area contributed by atoms with Crippen LogP contribution in [0.1, 0.15) is 34.2 Å². The van der Waals surface area contributed by atoms with Crippen molar-refractivity contribution in [1.82, 2.24) is 5.43 Å². The van der Waals surface area contributed by atoms with Crippen LogP contribution < -0.4 is 14.9 Å². The number of hydrazone groups is 1. The molecular formula is C22H22N2O4. The molecule has 0 unspecified atom stereocenters. The van der Waals surface area contributed by atoms with Gasteiger partial charge in [-0.15, -0.1) is 0 Å². The van der Waals surface area contributed by atoms with Gasteiger partial charge < -0.3 is 13.9 Å². The van der Waals surface area contributed by atoms with E-state index in [2.05, 4.69) is 29.6 Å². The monoisotopic (exact) mass is 378 g/mol. The number of benzene rings is 2. The summed E-state index contributed by atoms with van der Waals surface area (Å²) in [6, 6.07) is 16.8. The van der Waals surface area contributed by atoms with Crippen LogP contribution in [0.3, 0.4) is 0 Å². The Bertz CT molecular complexity index is 932. The zero-order valence-electron chi connectivity index (χ0n) is 15.8. The maximum absolute atomic E-state index is 11.8. The van der Waals surface area contributed by atoms with Gasteiger partial charge in [0.05, 0.1) is 19.6 Å². The second kappa shape index (κ2) is 9.41.